The number of carbonyl (C=O) groups is 2. The quantitative estimate of drug-likeness (QED) is 0.562. The van der Waals surface area contributed by atoms with Crippen LogP contribution < -0.4 is 11.1 Å². The molecule has 1 aromatic rings. The largest absolute Gasteiger partial charge is 0.312 e. The molecule has 3 N–H and O–H groups in total. The van der Waals surface area contributed by atoms with Crippen LogP contribution in [-0.4, -0.2) is 28.7 Å². The van der Waals surface area contributed by atoms with Gasteiger partial charge in [0, 0.05) is 18.0 Å². The first-order chi connectivity index (χ1) is 7.18. The summed E-state index contributed by atoms with van der Waals surface area (Å²) < 4.78 is 0. The smallest absolute Gasteiger partial charge is 0.274 e. The fourth-order valence-electron chi connectivity index (χ4n) is 1.15. The first-order valence-electron chi connectivity index (χ1n) is 4.28. The highest BCUT2D eigenvalue weighted by atomic mass is 16.2. The zero-order valence-electron chi connectivity index (χ0n) is 7.68. The van der Waals surface area contributed by atoms with Gasteiger partial charge in [-0.05, 0) is 12.1 Å². The van der Waals surface area contributed by atoms with E-state index in [1.807, 2.05) is 0 Å². The molecule has 1 unspecified atom stereocenters. The first-order valence-corrected chi connectivity index (χ1v) is 4.28. The predicted molar refractivity (Wildman–Crippen MR) is 51.9 cm³/mol. The van der Waals surface area contributed by atoms with Gasteiger partial charge < -0.3 is 11.1 Å². The number of rotatable bonds is 1. The number of pyridine rings is 1. The number of hydrogen-bond donors (Lipinski definition) is 2. The molecule has 0 aromatic carbocycles. The van der Waals surface area contributed by atoms with E-state index in [1.54, 1.807) is 18.3 Å². The Kier molecular flexibility index (Phi) is 2.26. The van der Waals surface area contributed by atoms with Crippen molar-refractivity contribution in [1.82, 2.24) is 10.3 Å². The average molecular weight is 204 g/mol. The highest BCUT2D eigenvalue weighted by molar-refractivity contribution is 6.22. The molecule has 0 saturated heterocycles. The van der Waals surface area contributed by atoms with E-state index in [0.29, 0.717) is 5.56 Å². The van der Waals surface area contributed by atoms with Crippen molar-refractivity contribution in [2.75, 3.05) is 0 Å². The second-order valence-electron chi connectivity index (χ2n) is 3.01. The van der Waals surface area contributed by atoms with Gasteiger partial charge in [-0.2, -0.15) is 4.99 Å². The van der Waals surface area contributed by atoms with Gasteiger partial charge in [-0.15, -0.1) is 0 Å². The average Bonchev–Trinajstić information content (AvgIpc) is 2.26. The minimum absolute atomic E-state index is 0.194. The normalized spacial score (nSPS) is 20.9. The summed E-state index contributed by atoms with van der Waals surface area (Å²) in [5, 5.41) is 2.44. The Labute approximate surface area is 85.2 Å². The Morgan fingerprint density at radius 1 is 1.40 bits per heavy atom. The second kappa shape index (κ2) is 3.58. The third-order valence-corrected chi connectivity index (χ3v) is 1.95. The molecule has 0 aliphatic carbocycles. The number of aromatic nitrogens is 1. The zero-order chi connectivity index (χ0) is 10.8. The molecular weight excluding hydrogens is 196 g/mol. The van der Waals surface area contributed by atoms with Crippen LogP contribution in [0.25, 0.3) is 0 Å². The Hall–Kier alpha value is -2.08. The molecule has 6 heteroatoms. The number of amides is 2. The van der Waals surface area contributed by atoms with Crippen LogP contribution in [-0.2, 0) is 9.59 Å². The van der Waals surface area contributed by atoms with Crippen LogP contribution >= 0.6 is 0 Å². The van der Waals surface area contributed by atoms with E-state index in [1.165, 1.54) is 6.20 Å². The fraction of sp³-hybridized carbons (Fsp3) is 0.111. The van der Waals surface area contributed by atoms with E-state index in [9.17, 15) is 9.59 Å². The van der Waals surface area contributed by atoms with Gasteiger partial charge in [0.15, 0.2) is 6.04 Å². The number of amidine groups is 1. The van der Waals surface area contributed by atoms with Gasteiger partial charge in [-0.3, -0.25) is 14.6 Å². The number of carbonyl (C=O) groups excluding carboxylic acids is 2. The van der Waals surface area contributed by atoms with Crippen molar-refractivity contribution in [3.63, 3.8) is 0 Å². The van der Waals surface area contributed by atoms with Gasteiger partial charge in [-0.25, -0.2) is 0 Å². The molecule has 2 heterocycles. The zero-order valence-corrected chi connectivity index (χ0v) is 7.68. The summed E-state index contributed by atoms with van der Waals surface area (Å²) in [6.07, 6.45) is 3.09. The van der Waals surface area contributed by atoms with Crippen molar-refractivity contribution in [1.29, 1.82) is 0 Å². The van der Waals surface area contributed by atoms with Gasteiger partial charge in [0.25, 0.3) is 11.8 Å². The minimum Gasteiger partial charge on any atom is -0.312 e. The number of nitrogens with two attached hydrogens (primary N) is 1. The van der Waals surface area contributed by atoms with Gasteiger partial charge >= 0.3 is 0 Å². The van der Waals surface area contributed by atoms with Crippen molar-refractivity contribution in [3.05, 3.63) is 30.1 Å². The maximum absolute atomic E-state index is 11.2. The van der Waals surface area contributed by atoms with Crippen LogP contribution in [0.5, 0.6) is 0 Å². The molecule has 6 nitrogen and oxygen atoms in total. The molecule has 1 atom stereocenters. The van der Waals surface area contributed by atoms with Gasteiger partial charge in [-0.1, -0.05) is 0 Å². The molecule has 1 aliphatic rings. The highest BCUT2D eigenvalue weighted by Crippen LogP contribution is 2.02. The third-order valence-electron chi connectivity index (χ3n) is 1.95. The number of nitrogens with zero attached hydrogens (tertiary/aromatic N) is 2. The first kappa shape index (κ1) is 9.47. The number of nitrogens with one attached hydrogen (secondary N) is 1. The molecule has 0 radical (unpaired) electrons. The predicted octanol–water partition coefficient (Wildman–Crippen LogP) is -1.19. The summed E-state index contributed by atoms with van der Waals surface area (Å²) in [5.74, 6) is -0.994. The SMILES string of the molecule is NC1C(=O)N=C(c2cccnc2)NC1=O. The van der Waals surface area contributed by atoms with Crippen LogP contribution in [0.2, 0.25) is 0 Å². The summed E-state index contributed by atoms with van der Waals surface area (Å²) in [5.41, 5.74) is 5.85. The van der Waals surface area contributed by atoms with Crippen LogP contribution in [0.15, 0.2) is 29.5 Å². The van der Waals surface area contributed by atoms with Crippen LogP contribution in [0, 0.1) is 0 Å². The minimum atomic E-state index is -1.20. The van der Waals surface area contributed by atoms with Crippen molar-refractivity contribution in [3.8, 4) is 0 Å². The lowest BCUT2D eigenvalue weighted by Crippen LogP contribution is -2.52. The molecular formula is C9H8N4O2. The summed E-state index contributed by atoms with van der Waals surface area (Å²) in [4.78, 5) is 29.9. The highest BCUT2D eigenvalue weighted by Gasteiger charge is 2.28. The summed E-state index contributed by atoms with van der Waals surface area (Å²) in [6.45, 7) is 0. The topological polar surface area (TPSA) is 97.4 Å². The van der Waals surface area contributed by atoms with Crippen LogP contribution in [0.3, 0.4) is 0 Å². The van der Waals surface area contributed by atoms with Gasteiger partial charge in [0.05, 0.1) is 0 Å². The van der Waals surface area contributed by atoms with E-state index < -0.39 is 17.9 Å². The maximum Gasteiger partial charge on any atom is 0.274 e. The Morgan fingerprint density at radius 3 is 2.80 bits per heavy atom. The van der Waals surface area contributed by atoms with Gasteiger partial charge in [0.1, 0.15) is 5.84 Å². The molecule has 2 rings (SSSR count). The Morgan fingerprint density at radius 2 is 2.20 bits per heavy atom. The van der Waals surface area contributed by atoms with Crippen molar-refractivity contribution < 1.29 is 9.59 Å². The van der Waals surface area contributed by atoms with Crippen LogP contribution in [0.1, 0.15) is 5.56 Å². The summed E-state index contributed by atoms with van der Waals surface area (Å²) >= 11 is 0. The lowest BCUT2D eigenvalue weighted by Gasteiger charge is -2.16. The Balaban J connectivity index is 2.36. The van der Waals surface area contributed by atoms with E-state index in [-0.39, 0.29) is 5.84 Å². The fourth-order valence-corrected chi connectivity index (χ4v) is 1.15. The molecule has 0 fully saturated rings. The van der Waals surface area contributed by atoms with Crippen molar-refractivity contribution >= 4 is 17.6 Å². The van der Waals surface area contributed by atoms with E-state index in [4.69, 9.17) is 5.73 Å². The molecule has 1 aromatic heterocycles. The molecule has 1 aliphatic heterocycles. The van der Waals surface area contributed by atoms with Crippen molar-refractivity contribution in [2.45, 2.75) is 6.04 Å². The van der Waals surface area contributed by atoms with Crippen LogP contribution in [0.4, 0.5) is 0 Å². The second-order valence-corrected chi connectivity index (χ2v) is 3.01. The monoisotopic (exact) mass is 204 g/mol. The molecule has 76 valence electrons. The molecule has 2 amide bonds. The lowest BCUT2D eigenvalue weighted by atomic mass is 10.2. The third kappa shape index (κ3) is 1.75. The molecule has 0 bridgehead atoms. The van der Waals surface area contributed by atoms with Gasteiger partial charge in [0.2, 0.25) is 0 Å². The lowest BCUT2D eigenvalue weighted by molar-refractivity contribution is -0.129. The van der Waals surface area contributed by atoms with E-state index in [2.05, 4.69) is 15.3 Å². The van der Waals surface area contributed by atoms with Crippen molar-refractivity contribution in [2.24, 2.45) is 10.7 Å². The van der Waals surface area contributed by atoms with E-state index >= 15 is 0 Å². The number of hydrogen-bond acceptors (Lipinski definition) is 4. The molecule has 0 saturated carbocycles. The van der Waals surface area contributed by atoms with E-state index in [0.717, 1.165) is 0 Å². The maximum atomic E-state index is 11.2. The Bertz CT molecular complexity index is 441. The standard InChI is InChI=1S/C9H8N4O2/c10-6-8(14)12-7(13-9(6)15)5-2-1-3-11-4-5/h1-4,6H,10H2,(H,12,13,14,15). The summed E-state index contributed by atoms with van der Waals surface area (Å²) in [7, 11) is 0. The molecule has 0 spiro atoms. The number of aliphatic imine (C=N–C) groups is 1. The summed E-state index contributed by atoms with van der Waals surface area (Å²) in [6, 6.07) is 2.17. The molecule has 15 heavy (non-hydrogen) atoms.